The van der Waals surface area contributed by atoms with Gasteiger partial charge < -0.3 is 10.1 Å². The Bertz CT molecular complexity index is 351. The quantitative estimate of drug-likeness (QED) is 0.580. The van der Waals surface area contributed by atoms with Gasteiger partial charge in [0.25, 0.3) is 5.69 Å². The van der Waals surface area contributed by atoms with Gasteiger partial charge in [-0.25, -0.2) is 0 Å². The summed E-state index contributed by atoms with van der Waals surface area (Å²) in [4.78, 5) is 10.1. The Balaban J connectivity index is 2.57. The molecule has 0 aliphatic rings. The minimum absolute atomic E-state index is 0.131. The number of nitro benzene ring substituents is 1. The standard InChI is InChI=1S/C12H18N2O3/c1-13-11(7-8-17-2)9-10-3-5-12(6-4-10)14(15)16/h3-6,11,13H,7-9H2,1-2H3. The molecule has 0 bridgehead atoms. The van der Waals surface area contributed by atoms with E-state index in [1.807, 2.05) is 7.05 Å². The maximum Gasteiger partial charge on any atom is 0.269 e. The highest BCUT2D eigenvalue weighted by Crippen LogP contribution is 2.13. The van der Waals surface area contributed by atoms with Gasteiger partial charge in [0.2, 0.25) is 0 Å². The summed E-state index contributed by atoms with van der Waals surface area (Å²) in [7, 11) is 3.59. The van der Waals surface area contributed by atoms with Gasteiger partial charge in [-0.1, -0.05) is 12.1 Å². The molecule has 1 unspecified atom stereocenters. The normalized spacial score (nSPS) is 12.4. The number of nitro groups is 1. The first kappa shape index (κ1) is 13.6. The van der Waals surface area contributed by atoms with Crippen molar-refractivity contribution in [2.24, 2.45) is 0 Å². The lowest BCUT2D eigenvalue weighted by Crippen LogP contribution is -2.28. The lowest BCUT2D eigenvalue weighted by atomic mass is 10.0. The highest BCUT2D eigenvalue weighted by molar-refractivity contribution is 5.33. The molecule has 0 spiro atoms. The molecule has 0 aliphatic carbocycles. The van der Waals surface area contributed by atoms with Crippen LogP contribution < -0.4 is 5.32 Å². The van der Waals surface area contributed by atoms with Crippen molar-refractivity contribution in [3.63, 3.8) is 0 Å². The average Bonchev–Trinajstić information content (AvgIpc) is 2.35. The zero-order valence-electron chi connectivity index (χ0n) is 10.2. The van der Waals surface area contributed by atoms with E-state index in [2.05, 4.69) is 5.32 Å². The number of hydrogen-bond donors (Lipinski definition) is 1. The van der Waals surface area contributed by atoms with E-state index in [9.17, 15) is 10.1 Å². The Morgan fingerprint density at radius 2 is 2.06 bits per heavy atom. The van der Waals surface area contributed by atoms with Gasteiger partial charge in [-0.15, -0.1) is 0 Å². The molecule has 1 atom stereocenters. The van der Waals surface area contributed by atoms with Crippen LogP contribution in [0.1, 0.15) is 12.0 Å². The predicted octanol–water partition coefficient (Wildman–Crippen LogP) is 1.76. The second-order valence-electron chi connectivity index (χ2n) is 3.89. The summed E-state index contributed by atoms with van der Waals surface area (Å²) in [6.45, 7) is 0.707. The second-order valence-corrected chi connectivity index (χ2v) is 3.89. The molecule has 0 saturated heterocycles. The molecular formula is C12H18N2O3. The maximum atomic E-state index is 10.5. The fourth-order valence-electron chi connectivity index (χ4n) is 1.65. The molecule has 0 amide bonds. The fourth-order valence-corrected chi connectivity index (χ4v) is 1.65. The second kappa shape index (κ2) is 6.98. The number of ether oxygens (including phenoxy) is 1. The van der Waals surface area contributed by atoms with Crippen molar-refractivity contribution in [2.75, 3.05) is 20.8 Å². The van der Waals surface area contributed by atoms with Gasteiger partial charge in [-0.05, 0) is 25.5 Å². The van der Waals surface area contributed by atoms with Crippen LogP contribution >= 0.6 is 0 Å². The number of hydrogen-bond acceptors (Lipinski definition) is 4. The summed E-state index contributed by atoms with van der Waals surface area (Å²) in [6.07, 6.45) is 1.77. The Morgan fingerprint density at radius 3 is 2.53 bits per heavy atom. The summed E-state index contributed by atoms with van der Waals surface area (Å²) < 4.78 is 5.03. The first-order chi connectivity index (χ1) is 8.17. The molecule has 0 heterocycles. The summed E-state index contributed by atoms with van der Waals surface area (Å²) >= 11 is 0. The Labute approximate surface area is 101 Å². The molecule has 1 N–H and O–H groups in total. The first-order valence-corrected chi connectivity index (χ1v) is 5.57. The third-order valence-corrected chi connectivity index (χ3v) is 2.71. The van der Waals surface area contributed by atoms with Gasteiger partial charge in [0, 0.05) is 31.9 Å². The number of likely N-dealkylation sites (N-methyl/N-ethyl adjacent to an activating group) is 1. The average molecular weight is 238 g/mol. The highest BCUT2D eigenvalue weighted by Gasteiger charge is 2.09. The lowest BCUT2D eigenvalue weighted by Gasteiger charge is -2.15. The maximum absolute atomic E-state index is 10.5. The molecule has 1 aromatic rings. The summed E-state index contributed by atoms with van der Waals surface area (Å²) in [5, 5.41) is 13.7. The SMILES string of the molecule is CNC(CCOC)Cc1ccc([N+](=O)[O-])cc1. The molecule has 0 radical (unpaired) electrons. The van der Waals surface area contributed by atoms with Crippen LogP contribution in [0.25, 0.3) is 0 Å². The molecule has 5 nitrogen and oxygen atoms in total. The van der Waals surface area contributed by atoms with Crippen LogP contribution in [-0.4, -0.2) is 31.7 Å². The minimum Gasteiger partial charge on any atom is -0.385 e. The lowest BCUT2D eigenvalue weighted by molar-refractivity contribution is -0.384. The number of non-ortho nitro benzene ring substituents is 1. The van der Waals surface area contributed by atoms with E-state index in [-0.39, 0.29) is 10.6 Å². The monoisotopic (exact) mass is 238 g/mol. The van der Waals surface area contributed by atoms with Crippen LogP contribution in [0.4, 0.5) is 5.69 Å². The largest absolute Gasteiger partial charge is 0.385 e. The number of nitrogens with zero attached hydrogens (tertiary/aromatic N) is 1. The van der Waals surface area contributed by atoms with Crippen molar-refractivity contribution in [1.82, 2.24) is 5.32 Å². The smallest absolute Gasteiger partial charge is 0.269 e. The molecule has 0 fully saturated rings. The number of benzene rings is 1. The molecule has 0 saturated carbocycles. The Kier molecular flexibility index (Phi) is 5.59. The van der Waals surface area contributed by atoms with E-state index < -0.39 is 0 Å². The fraction of sp³-hybridized carbons (Fsp3) is 0.500. The van der Waals surface area contributed by atoms with Crippen molar-refractivity contribution < 1.29 is 9.66 Å². The molecule has 94 valence electrons. The van der Waals surface area contributed by atoms with E-state index in [0.717, 1.165) is 18.4 Å². The number of rotatable bonds is 7. The van der Waals surface area contributed by atoms with E-state index in [0.29, 0.717) is 12.6 Å². The van der Waals surface area contributed by atoms with Crippen LogP contribution in [0.5, 0.6) is 0 Å². The van der Waals surface area contributed by atoms with E-state index >= 15 is 0 Å². The third-order valence-electron chi connectivity index (χ3n) is 2.71. The van der Waals surface area contributed by atoms with Gasteiger partial charge in [0.05, 0.1) is 4.92 Å². The predicted molar refractivity (Wildman–Crippen MR) is 66.1 cm³/mol. The summed E-state index contributed by atoms with van der Waals surface area (Å²) in [6, 6.07) is 7.01. The zero-order chi connectivity index (χ0) is 12.7. The molecule has 1 aromatic carbocycles. The van der Waals surface area contributed by atoms with Crippen LogP contribution in [-0.2, 0) is 11.2 Å². The molecule has 17 heavy (non-hydrogen) atoms. The van der Waals surface area contributed by atoms with Gasteiger partial charge in [-0.2, -0.15) is 0 Å². The van der Waals surface area contributed by atoms with Gasteiger partial charge in [0.15, 0.2) is 0 Å². The number of methoxy groups -OCH3 is 1. The zero-order valence-corrected chi connectivity index (χ0v) is 10.2. The van der Waals surface area contributed by atoms with E-state index in [1.165, 1.54) is 0 Å². The van der Waals surface area contributed by atoms with Crippen LogP contribution in [0, 0.1) is 10.1 Å². The van der Waals surface area contributed by atoms with Crippen molar-refractivity contribution in [1.29, 1.82) is 0 Å². The van der Waals surface area contributed by atoms with Crippen LogP contribution in [0.3, 0.4) is 0 Å². The molecular weight excluding hydrogens is 220 g/mol. The van der Waals surface area contributed by atoms with Crippen molar-refractivity contribution in [3.05, 3.63) is 39.9 Å². The summed E-state index contributed by atoms with van der Waals surface area (Å²) in [5.41, 5.74) is 1.22. The van der Waals surface area contributed by atoms with Crippen molar-refractivity contribution in [2.45, 2.75) is 18.9 Å². The van der Waals surface area contributed by atoms with Gasteiger partial charge in [0.1, 0.15) is 0 Å². The topological polar surface area (TPSA) is 64.4 Å². The third kappa shape index (κ3) is 4.50. The van der Waals surface area contributed by atoms with Gasteiger partial charge in [-0.3, -0.25) is 10.1 Å². The first-order valence-electron chi connectivity index (χ1n) is 5.57. The highest BCUT2D eigenvalue weighted by atomic mass is 16.6. The van der Waals surface area contributed by atoms with E-state index in [4.69, 9.17) is 4.74 Å². The molecule has 1 rings (SSSR count). The number of nitrogens with one attached hydrogen (secondary N) is 1. The molecule has 0 aromatic heterocycles. The molecule has 5 heteroatoms. The van der Waals surface area contributed by atoms with Gasteiger partial charge >= 0.3 is 0 Å². The summed E-state index contributed by atoms with van der Waals surface area (Å²) in [5.74, 6) is 0. The van der Waals surface area contributed by atoms with Crippen LogP contribution in [0.2, 0.25) is 0 Å². The van der Waals surface area contributed by atoms with E-state index in [1.54, 1.807) is 31.4 Å². The van der Waals surface area contributed by atoms with Crippen molar-refractivity contribution >= 4 is 5.69 Å². The Morgan fingerprint density at radius 1 is 1.41 bits per heavy atom. The molecule has 0 aliphatic heterocycles. The minimum atomic E-state index is -0.385. The van der Waals surface area contributed by atoms with Crippen LogP contribution in [0.15, 0.2) is 24.3 Å². The Hall–Kier alpha value is -1.46. The van der Waals surface area contributed by atoms with Crippen molar-refractivity contribution in [3.8, 4) is 0 Å².